The van der Waals surface area contributed by atoms with E-state index in [1.54, 1.807) is 48.5 Å². The third kappa shape index (κ3) is 9.02. The van der Waals surface area contributed by atoms with Gasteiger partial charge < -0.3 is 19.7 Å². The van der Waals surface area contributed by atoms with Crippen LogP contribution in [0.2, 0.25) is 0 Å². The van der Waals surface area contributed by atoms with E-state index in [4.69, 9.17) is 9.47 Å². The van der Waals surface area contributed by atoms with Crippen molar-refractivity contribution in [3.8, 4) is 35.1 Å². The predicted octanol–water partition coefficient (Wildman–Crippen LogP) is 6.65. The van der Waals surface area contributed by atoms with E-state index in [1.165, 1.54) is 62.4 Å². The van der Waals surface area contributed by atoms with E-state index in [9.17, 15) is 39.9 Å². The zero-order valence-corrected chi connectivity index (χ0v) is 27.2. The molecule has 12 nitrogen and oxygen atoms in total. The van der Waals surface area contributed by atoms with Gasteiger partial charge in [-0.2, -0.15) is 20.8 Å². The average molecular weight is 673 g/mol. The normalized spacial score (nSPS) is 13.2. The van der Waals surface area contributed by atoms with Crippen LogP contribution in [0.3, 0.4) is 0 Å². The van der Waals surface area contributed by atoms with Gasteiger partial charge in [0.05, 0.1) is 34.4 Å². The summed E-state index contributed by atoms with van der Waals surface area (Å²) >= 11 is 0. The van der Waals surface area contributed by atoms with Gasteiger partial charge in [-0.05, 0) is 75.2 Å². The minimum atomic E-state index is -1.55. The van der Waals surface area contributed by atoms with Gasteiger partial charge in [0, 0.05) is 12.8 Å². The number of carbonyl (C=O) groups excluding carboxylic acids is 4. The number of ketones is 2. The molecule has 0 heterocycles. The van der Waals surface area contributed by atoms with Crippen molar-refractivity contribution < 1.29 is 38.9 Å². The molecule has 252 valence electrons. The van der Waals surface area contributed by atoms with Crippen LogP contribution in [-0.4, -0.2) is 44.8 Å². The number of esters is 2. The van der Waals surface area contributed by atoms with Crippen LogP contribution in [0.1, 0.15) is 71.4 Å². The highest BCUT2D eigenvalue weighted by Crippen LogP contribution is 2.29. The first-order chi connectivity index (χ1) is 23.9. The van der Waals surface area contributed by atoms with Gasteiger partial charge >= 0.3 is 11.9 Å². The first-order valence-electron chi connectivity index (χ1n) is 15.4. The molecule has 4 aromatic carbocycles. The highest BCUT2D eigenvalue weighted by molar-refractivity contribution is 6.13. The molecule has 4 rings (SSSR count). The molecule has 2 N–H and O–H groups in total. The SMILES string of the molecule is CC(C#N)(CCC(=O)Oc1ccccc1C(=O)c1ccccc1O)N=NC(C)(C#N)CCC(=O)Oc1ccccc1C(=O)c1ccccc1O. The fourth-order valence-electron chi connectivity index (χ4n) is 4.62. The van der Waals surface area contributed by atoms with Crippen molar-refractivity contribution in [2.75, 3.05) is 0 Å². The molecule has 0 saturated heterocycles. The summed E-state index contributed by atoms with van der Waals surface area (Å²) < 4.78 is 10.9. The molecule has 0 bridgehead atoms. The quantitative estimate of drug-likeness (QED) is 0.0632. The second kappa shape index (κ2) is 16.0. The van der Waals surface area contributed by atoms with Crippen molar-refractivity contribution in [2.24, 2.45) is 10.2 Å². The molecule has 50 heavy (non-hydrogen) atoms. The Bertz CT molecular complexity index is 1900. The number of azo groups is 1. The van der Waals surface area contributed by atoms with Gasteiger partial charge in [-0.1, -0.05) is 48.5 Å². The molecule has 0 radical (unpaired) electrons. The number of phenols is 2. The Morgan fingerprint density at radius 1 is 0.580 bits per heavy atom. The van der Waals surface area contributed by atoms with Crippen molar-refractivity contribution in [1.29, 1.82) is 10.5 Å². The van der Waals surface area contributed by atoms with Crippen LogP contribution in [-0.2, 0) is 9.59 Å². The molecule has 4 aromatic rings. The Morgan fingerprint density at radius 2 is 0.900 bits per heavy atom. The molecule has 0 aliphatic rings. The second-order valence-electron chi connectivity index (χ2n) is 11.6. The average Bonchev–Trinajstić information content (AvgIpc) is 3.12. The lowest BCUT2D eigenvalue weighted by molar-refractivity contribution is -0.135. The third-order valence-electron chi connectivity index (χ3n) is 7.61. The molecule has 2 unspecified atom stereocenters. The molecule has 0 aliphatic carbocycles. The monoisotopic (exact) mass is 672 g/mol. The van der Waals surface area contributed by atoms with E-state index in [-0.39, 0.29) is 70.9 Å². The minimum Gasteiger partial charge on any atom is -0.507 e. The smallest absolute Gasteiger partial charge is 0.311 e. The number of benzene rings is 4. The van der Waals surface area contributed by atoms with Crippen molar-refractivity contribution in [3.05, 3.63) is 119 Å². The Hall–Kier alpha value is -6.66. The van der Waals surface area contributed by atoms with Crippen molar-refractivity contribution in [3.63, 3.8) is 0 Å². The van der Waals surface area contributed by atoms with Crippen LogP contribution >= 0.6 is 0 Å². The van der Waals surface area contributed by atoms with E-state index in [0.717, 1.165) is 0 Å². The molecule has 0 aliphatic heterocycles. The number of aromatic hydroxyl groups is 2. The molecule has 12 heteroatoms. The lowest BCUT2D eigenvalue weighted by Gasteiger charge is -2.19. The van der Waals surface area contributed by atoms with E-state index in [0.29, 0.717) is 0 Å². The Labute approximate surface area is 287 Å². The number of nitrogens with zero attached hydrogens (tertiary/aromatic N) is 4. The number of nitriles is 2. The maximum Gasteiger partial charge on any atom is 0.311 e. The Balaban J connectivity index is 1.37. The third-order valence-corrected chi connectivity index (χ3v) is 7.61. The number of para-hydroxylation sites is 4. The molecule has 0 aromatic heterocycles. The summed E-state index contributed by atoms with van der Waals surface area (Å²) in [5.41, 5.74) is -2.92. The van der Waals surface area contributed by atoms with Crippen LogP contribution in [0.4, 0.5) is 0 Å². The lowest BCUT2D eigenvalue weighted by atomic mass is 9.97. The maximum absolute atomic E-state index is 13.0. The first-order valence-corrected chi connectivity index (χ1v) is 15.4. The van der Waals surface area contributed by atoms with Crippen LogP contribution in [0.5, 0.6) is 23.0 Å². The van der Waals surface area contributed by atoms with Gasteiger partial charge in [-0.15, -0.1) is 0 Å². The summed E-state index contributed by atoms with van der Waals surface area (Å²) in [6.45, 7) is 2.84. The Morgan fingerprint density at radius 3 is 1.24 bits per heavy atom. The summed E-state index contributed by atoms with van der Waals surface area (Å²) in [5.74, 6) is -3.12. The highest BCUT2D eigenvalue weighted by atomic mass is 16.5. The summed E-state index contributed by atoms with van der Waals surface area (Å²) in [5, 5.41) is 48.0. The lowest BCUT2D eigenvalue weighted by Crippen LogP contribution is -2.26. The van der Waals surface area contributed by atoms with Gasteiger partial charge in [0.2, 0.25) is 0 Å². The number of carbonyl (C=O) groups is 4. The van der Waals surface area contributed by atoms with Crippen molar-refractivity contribution >= 4 is 23.5 Å². The molecule has 0 spiro atoms. The van der Waals surface area contributed by atoms with E-state index >= 15 is 0 Å². The summed E-state index contributed by atoms with van der Waals surface area (Å²) in [4.78, 5) is 51.7. The summed E-state index contributed by atoms with van der Waals surface area (Å²) in [7, 11) is 0. The predicted molar refractivity (Wildman–Crippen MR) is 179 cm³/mol. The molecule has 0 amide bonds. The van der Waals surface area contributed by atoms with Gasteiger partial charge in [-0.25, -0.2) is 0 Å². The van der Waals surface area contributed by atoms with Crippen molar-refractivity contribution in [1.82, 2.24) is 0 Å². The van der Waals surface area contributed by atoms with Crippen LogP contribution < -0.4 is 9.47 Å². The maximum atomic E-state index is 13.0. The van der Waals surface area contributed by atoms with Crippen LogP contribution in [0.25, 0.3) is 0 Å². The summed E-state index contributed by atoms with van der Waals surface area (Å²) in [6.07, 6.45) is -0.882. The van der Waals surface area contributed by atoms with Gasteiger partial charge in [-0.3, -0.25) is 19.2 Å². The number of ether oxygens (including phenoxy) is 2. The molecular formula is C38H32N4O8. The minimum absolute atomic E-state index is 0.0276. The van der Waals surface area contributed by atoms with Crippen LogP contribution in [0.15, 0.2) is 107 Å². The molecule has 2 atom stereocenters. The Kier molecular flexibility index (Phi) is 11.5. The number of hydrogen-bond acceptors (Lipinski definition) is 12. The number of hydrogen-bond donors (Lipinski definition) is 2. The van der Waals surface area contributed by atoms with E-state index < -0.39 is 34.6 Å². The second-order valence-corrected chi connectivity index (χ2v) is 11.6. The fraction of sp³-hybridized carbons (Fsp3) is 0.211. The number of rotatable bonds is 14. The van der Waals surface area contributed by atoms with Crippen LogP contribution in [0, 0.1) is 22.7 Å². The largest absolute Gasteiger partial charge is 0.507 e. The standard InChI is InChI=1S/C38H32N4O8/c1-37(23-39,21-19-33(45)49-31-17-9-5-13-27(31)35(47)25-11-3-7-15-29(25)43)41-42-38(2,24-40)22-20-34(46)50-32-18-10-6-14-28(32)36(48)26-12-4-8-16-30(26)44/h3-18,43-44H,19-22H2,1-2H3. The number of phenolic OH excluding ortho intramolecular Hbond substituents is 2. The molecular weight excluding hydrogens is 640 g/mol. The molecule has 0 saturated carbocycles. The van der Waals surface area contributed by atoms with E-state index in [1.807, 2.05) is 12.1 Å². The molecule has 0 fully saturated rings. The first kappa shape index (κ1) is 36.2. The zero-order chi connectivity index (χ0) is 36.3. The highest BCUT2D eigenvalue weighted by Gasteiger charge is 2.31. The van der Waals surface area contributed by atoms with Gasteiger partial charge in [0.15, 0.2) is 22.6 Å². The van der Waals surface area contributed by atoms with E-state index in [2.05, 4.69) is 10.2 Å². The topological polar surface area (TPSA) is 199 Å². The van der Waals surface area contributed by atoms with Gasteiger partial charge in [0.25, 0.3) is 0 Å². The van der Waals surface area contributed by atoms with Gasteiger partial charge in [0.1, 0.15) is 23.0 Å². The fourth-order valence-corrected chi connectivity index (χ4v) is 4.62. The van der Waals surface area contributed by atoms with Crippen molar-refractivity contribution in [2.45, 2.75) is 50.6 Å². The summed E-state index contributed by atoms with van der Waals surface area (Å²) in [6, 6.07) is 28.0. The zero-order valence-electron chi connectivity index (χ0n) is 27.2.